The van der Waals surface area contributed by atoms with Gasteiger partial charge in [0.1, 0.15) is 0 Å². The summed E-state index contributed by atoms with van der Waals surface area (Å²) in [6.07, 6.45) is 0. The molecule has 0 aliphatic heterocycles. The summed E-state index contributed by atoms with van der Waals surface area (Å²) in [5, 5.41) is 1.30. The van der Waals surface area contributed by atoms with Crippen molar-refractivity contribution < 1.29 is 0 Å². The van der Waals surface area contributed by atoms with Crippen LogP contribution in [0.4, 0.5) is 0 Å². The molecule has 0 amide bonds. The second kappa shape index (κ2) is 19.3. The van der Waals surface area contributed by atoms with Crippen LogP contribution in [0.25, 0.3) is 22.3 Å². The molecule has 0 saturated carbocycles. The van der Waals surface area contributed by atoms with Gasteiger partial charge in [0, 0.05) is 0 Å². The van der Waals surface area contributed by atoms with Gasteiger partial charge in [-0.05, 0) is 23.3 Å². The van der Waals surface area contributed by atoms with E-state index in [1.807, 2.05) is 0 Å². The summed E-state index contributed by atoms with van der Waals surface area (Å²) in [6.45, 7) is 41.7. The van der Waals surface area contributed by atoms with Gasteiger partial charge in [0.15, 0.2) is 0 Å². The number of hydrogen-bond donors (Lipinski definition) is 0. The van der Waals surface area contributed by atoms with Gasteiger partial charge in [-0.1, -0.05) is 64.8 Å². The average molecular weight is 836 g/mol. The molecule has 0 aromatic heterocycles. The summed E-state index contributed by atoms with van der Waals surface area (Å²) in [6, 6.07) is 21.8. The van der Waals surface area contributed by atoms with Crippen LogP contribution in [0.3, 0.4) is 0 Å². The van der Waals surface area contributed by atoms with Crippen molar-refractivity contribution in [3.63, 3.8) is 0 Å². The summed E-state index contributed by atoms with van der Waals surface area (Å²) in [5.74, 6) is 4.73. The van der Waals surface area contributed by atoms with Gasteiger partial charge < -0.3 is 9.24 Å². The van der Waals surface area contributed by atoms with Crippen molar-refractivity contribution in [2.45, 2.75) is 178 Å². The van der Waals surface area contributed by atoms with E-state index in [0.717, 1.165) is 0 Å². The molecule has 0 heterocycles. The summed E-state index contributed by atoms with van der Waals surface area (Å²) in [7, 11) is 3.82. The first-order valence-electron chi connectivity index (χ1n) is 20.7. The van der Waals surface area contributed by atoms with E-state index in [1.165, 1.54) is 104 Å². The van der Waals surface area contributed by atoms with E-state index in [4.69, 9.17) is 0 Å². The number of rotatable bonds is 11. The molecule has 0 aliphatic rings. The third kappa shape index (κ3) is 10.7. The van der Waals surface area contributed by atoms with Crippen LogP contribution in [0.2, 0.25) is 0 Å². The van der Waals surface area contributed by atoms with Crippen LogP contribution in [0, 0.1) is 0 Å². The molecule has 2 heteroatoms. The Kier molecular flexibility index (Phi) is 16.6. The van der Waals surface area contributed by atoms with Crippen molar-refractivity contribution in [2.75, 3.05) is 0 Å². The van der Waals surface area contributed by atoms with E-state index in [1.54, 1.807) is 0 Å². The van der Waals surface area contributed by atoms with Crippen molar-refractivity contribution in [3.05, 3.63) is 105 Å². The van der Waals surface area contributed by atoms with Crippen molar-refractivity contribution in [3.8, 4) is 22.3 Å². The third-order valence-corrected chi connectivity index (χ3v) is 13.1. The molecule has 0 atom stereocenters. The fourth-order valence-electron chi connectivity index (χ4n) is 7.46. The molecule has 4 aromatic rings. The normalized spacial score (nSPS) is 12.2. The molecule has 53 heavy (non-hydrogen) atoms. The predicted octanol–water partition coefficient (Wildman–Crippen LogP) is 15.4. The van der Waals surface area contributed by atoms with Crippen LogP contribution < -0.4 is 8.88 Å². The zero-order chi connectivity index (χ0) is 40.2. The van der Waals surface area contributed by atoms with Crippen molar-refractivity contribution in [1.29, 1.82) is 0 Å². The molecule has 0 fully saturated rings. The molecule has 0 nitrogen and oxygen atoms in total. The SMILES string of the molecule is CC(C)c1cc(C(C)C)c(-c2cccc(-c3c(C(C)C)cc(C(C)C)cc3C(C)C)[c]2[Sn])c(C(C)C)c1.CC(C)c1cc(C(C)C)c([PH-])c(C(C)C)c1. The molecule has 0 spiro atoms. The van der Waals surface area contributed by atoms with Crippen LogP contribution >= 0.6 is 9.24 Å². The van der Waals surface area contributed by atoms with E-state index < -0.39 is 0 Å². The Morgan fingerprint density at radius 3 is 0.792 bits per heavy atom. The minimum Gasteiger partial charge on any atom is -0.524 e. The van der Waals surface area contributed by atoms with E-state index >= 15 is 0 Å². The Labute approximate surface area is 343 Å². The molecule has 287 valence electrons. The zero-order valence-corrected chi connectivity index (χ0v) is 40.7. The fourth-order valence-corrected chi connectivity index (χ4v) is 9.37. The largest absolute Gasteiger partial charge is 0.524 e. The van der Waals surface area contributed by atoms with Gasteiger partial charge >= 0.3 is 243 Å². The number of benzene rings is 4. The molecule has 0 bridgehead atoms. The predicted molar refractivity (Wildman–Crippen MR) is 244 cm³/mol. The Morgan fingerprint density at radius 1 is 0.358 bits per heavy atom. The van der Waals surface area contributed by atoms with Gasteiger partial charge in [-0.15, -0.1) is 0 Å². The molecule has 0 aliphatic carbocycles. The summed E-state index contributed by atoms with van der Waals surface area (Å²) in [4.78, 5) is 0. The molecule has 4 rings (SSSR count). The minimum absolute atomic E-state index is 0.479. The van der Waals surface area contributed by atoms with Crippen molar-refractivity contribution in [1.82, 2.24) is 0 Å². The second-order valence-electron chi connectivity index (χ2n) is 18.3. The van der Waals surface area contributed by atoms with Gasteiger partial charge in [-0.25, -0.2) is 5.30 Å². The maximum absolute atomic E-state index is 3.82. The third-order valence-electron chi connectivity index (χ3n) is 11.0. The van der Waals surface area contributed by atoms with Crippen LogP contribution in [0.1, 0.15) is 228 Å². The fraction of sp³-hybridized carbons (Fsp3) is 0.529. The topological polar surface area (TPSA) is 0 Å². The first-order valence-corrected chi connectivity index (χ1v) is 22.6. The van der Waals surface area contributed by atoms with Gasteiger partial charge in [0.05, 0.1) is 0 Å². The second-order valence-corrected chi connectivity index (χ2v) is 20.3. The van der Waals surface area contributed by atoms with Crippen molar-refractivity contribution >= 4 is 40.6 Å². The molecule has 0 unspecified atom stereocenters. The molecule has 3 radical (unpaired) electrons. The maximum Gasteiger partial charge on any atom is -0.0219 e. The van der Waals surface area contributed by atoms with Gasteiger partial charge in [-0.3, -0.25) is 0 Å². The Balaban J connectivity index is 0.000000395. The Bertz CT molecular complexity index is 1650. The Morgan fingerprint density at radius 2 is 0.585 bits per heavy atom. The summed E-state index contributed by atoms with van der Waals surface area (Å²) >= 11 is 1.49. The van der Waals surface area contributed by atoms with Crippen LogP contribution in [-0.2, 0) is 0 Å². The minimum atomic E-state index is 0.479. The standard InChI is InChI=1S/C36H49.C15H24P.Sn/c1-21(2)29-17-31(23(5)6)35(32(18-29)24(7)8)27-14-13-15-28(16-27)36-33(25(9)10)19-30(22(3)4)20-34(36)26(11)12;1-9(2)12-7-13(10(3)4)15(16)14(8-12)11(5)6;/h13-15,17-26H,1-12H3;7-11,16H,1-6H3;/q;-1;. The smallest absolute Gasteiger partial charge is 0.0219 e. The van der Waals surface area contributed by atoms with Crippen molar-refractivity contribution in [2.24, 2.45) is 0 Å². The van der Waals surface area contributed by atoms with Crippen LogP contribution in [0.5, 0.6) is 0 Å². The van der Waals surface area contributed by atoms with E-state index in [-0.39, 0.29) is 0 Å². The molecule has 0 N–H and O–H groups in total. The van der Waals surface area contributed by atoms with E-state index in [2.05, 4.69) is 188 Å². The molecule has 0 saturated heterocycles. The monoisotopic (exact) mass is 836 g/mol. The van der Waals surface area contributed by atoms with Gasteiger partial charge in [-0.2, -0.15) is 0 Å². The maximum atomic E-state index is 3.82. The molecule has 4 aromatic carbocycles. The molecular weight excluding hydrogens is 762 g/mol. The average Bonchev–Trinajstić information content (AvgIpc) is 3.07. The summed E-state index contributed by atoms with van der Waals surface area (Å²) in [5.41, 5.74) is 19.1. The summed E-state index contributed by atoms with van der Waals surface area (Å²) < 4.78 is 1.50. The Hall–Kier alpha value is -1.89. The zero-order valence-electron chi connectivity index (χ0n) is 36.9. The number of hydrogen-bond acceptors (Lipinski definition) is 0. The van der Waals surface area contributed by atoms with Gasteiger partial charge in [0.2, 0.25) is 0 Å². The van der Waals surface area contributed by atoms with Gasteiger partial charge in [0.25, 0.3) is 0 Å². The first-order chi connectivity index (χ1) is 24.6. The van der Waals surface area contributed by atoms with E-state index in [0.29, 0.717) is 53.3 Å². The van der Waals surface area contributed by atoms with Crippen LogP contribution in [-0.4, -0.2) is 22.5 Å². The molecular formula is C51H73PSn-. The quantitative estimate of drug-likeness (QED) is 0.104. The van der Waals surface area contributed by atoms with Crippen LogP contribution in [0.15, 0.2) is 54.6 Å². The first kappa shape index (κ1) is 45.5. The van der Waals surface area contributed by atoms with E-state index in [9.17, 15) is 0 Å².